The van der Waals surface area contributed by atoms with Crippen LogP contribution in [0.15, 0.2) is 12.1 Å². The third-order valence-corrected chi connectivity index (χ3v) is 2.40. The zero-order chi connectivity index (χ0) is 8.72. The molecule has 0 fully saturated rings. The van der Waals surface area contributed by atoms with Crippen LogP contribution in [0.4, 0.5) is 10.1 Å². The van der Waals surface area contributed by atoms with Gasteiger partial charge in [-0.3, -0.25) is 0 Å². The van der Waals surface area contributed by atoms with Gasteiger partial charge in [-0.1, -0.05) is 6.07 Å². The van der Waals surface area contributed by atoms with E-state index in [1.165, 1.54) is 0 Å². The van der Waals surface area contributed by atoms with Crippen LogP contribution in [0.5, 0.6) is 0 Å². The number of fused-ring (bicyclic) bond motifs is 1. The van der Waals surface area contributed by atoms with Crippen LogP contribution in [-0.4, -0.2) is 0 Å². The number of benzene rings is 1. The molecule has 2 nitrogen and oxygen atoms in total. The zero-order valence-electron chi connectivity index (χ0n) is 6.68. The Hall–Kier alpha value is -1.09. The minimum absolute atomic E-state index is 0.163. The first kappa shape index (κ1) is 7.55. The van der Waals surface area contributed by atoms with Crippen LogP contribution in [0.3, 0.4) is 0 Å². The second-order valence-corrected chi connectivity index (χ2v) is 3.19. The first-order valence-corrected chi connectivity index (χ1v) is 4.02. The van der Waals surface area contributed by atoms with Crippen molar-refractivity contribution in [1.29, 1.82) is 0 Å². The zero-order valence-corrected chi connectivity index (χ0v) is 6.68. The van der Waals surface area contributed by atoms with Crippen molar-refractivity contribution >= 4 is 5.69 Å². The van der Waals surface area contributed by atoms with E-state index in [9.17, 15) is 4.39 Å². The molecular weight excluding hydrogens is 155 g/mol. The number of rotatable bonds is 0. The summed E-state index contributed by atoms with van der Waals surface area (Å²) in [4.78, 5) is 0. The molecular formula is C9H11FN2. The smallest absolute Gasteiger partial charge is 0.151 e. The number of nitrogens with two attached hydrogens (primary N) is 2. The van der Waals surface area contributed by atoms with E-state index in [4.69, 9.17) is 11.5 Å². The summed E-state index contributed by atoms with van der Waals surface area (Å²) in [6.45, 7) is 0. The maximum Gasteiger partial charge on any atom is 0.151 e. The average molecular weight is 166 g/mol. The number of nitrogen functional groups attached to an aromatic ring is 1. The maximum absolute atomic E-state index is 13.3. The fourth-order valence-corrected chi connectivity index (χ4v) is 1.72. The van der Waals surface area contributed by atoms with Crippen molar-refractivity contribution in [3.05, 3.63) is 29.1 Å². The van der Waals surface area contributed by atoms with Crippen LogP contribution in [0, 0.1) is 5.82 Å². The molecule has 1 unspecified atom stereocenters. The highest BCUT2D eigenvalue weighted by atomic mass is 19.1. The van der Waals surface area contributed by atoms with Gasteiger partial charge in [-0.2, -0.15) is 0 Å². The predicted octanol–water partition coefficient (Wildman–Crippen LogP) is 1.35. The molecule has 1 aliphatic carbocycles. The average Bonchev–Trinajstić information content (AvgIpc) is 2.41. The molecule has 12 heavy (non-hydrogen) atoms. The minimum Gasteiger partial charge on any atom is -0.396 e. The lowest BCUT2D eigenvalue weighted by Crippen LogP contribution is -2.08. The van der Waals surface area contributed by atoms with Crippen molar-refractivity contribution < 1.29 is 4.39 Å². The second kappa shape index (κ2) is 2.45. The fourth-order valence-electron chi connectivity index (χ4n) is 1.72. The molecule has 0 saturated heterocycles. The van der Waals surface area contributed by atoms with Gasteiger partial charge in [-0.05, 0) is 24.5 Å². The van der Waals surface area contributed by atoms with Gasteiger partial charge in [0, 0.05) is 11.6 Å². The Kier molecular flexibility index (Phi) is 1.54. The van der Waals surface area contributed by atoms with Crippen molar-refractivity contribution in [2.45, 2.75) is 18.9 Å². The van der Waals surface area contributed by atoms with Crippen LogP contribution in [-0.2, 0) is 6.42 Å². The number of hydrogen-bond acceptors (Lipinski definition) is 2. The summed E-state index contributed by atoms with van der Waals surface area (Å²) >= 11 is 0. The van der Waals surface area contributed by atoms with E-state index in [2.05, 4.69) is 0 Å². The first-order valence-electron chi connectivity index (χ1n) is 4.02. The van der Waals surface area contributed by atoms with E-state index in [0.29, 0.717) is 5.56 Å². The number of hydrogen-bond donors (Lipinski definition) is 2. The lowest BCUT2D eigenvalue weighted by molar-refractivity contribution is 0.593. The molecule has 64 valence electrons. The Balaban J connectivity index is 2.63. The molecule has 0 heterocycles. The highest BCUT2D eigenvalue weighted by Gasteiger charge is 2.23. The number of anilines is 1. The normalized spacial score (nSPS) is 21.0. The highest BCUT2D eigenvalue weighted by Crippen LogP contribution is 2.33. The molecule has 0 radical (unpaired) electrons. The van der Waals surface area contributed by atoms with Crippen LogP contribution in [0.25, 0.3) is 0 Å². The van der Waals surface area contributed by atoms with E-state index in [1.54, 1.807) is 6.07 Å². The monoisotopic (exact) mass is 166 g/mol. The summed E-state index contributed by atoms with van der Waals surface area (Å²) in [5.74, 6) is -0.322. The summed E-state index contributed by atoms with van der Waals surface area (Å²) in [7, 11) is 0. The molecule has 0 aliphatic heterocycles. The third-order valence-electron chi connectivity index (χ3n) is 2.40. The van der Waals surface area contributed by atoms with Crippen molar-refractivity contribution in [2.75, 3.05) is 5.73 Å². The number of aryl methyl sites for hydroxylation is 1. The van der Waals surface area contributed by atoms with Gasteiger partial charge in [-0.15, -0.1) is 0 Å². The summed E-state index contributed by atoms with van der Waals surface area (Å²) in [5.41, 5.74) is 13.0. The molecule has 1 aliphatic rings. The molecule has 3 heteroatoms. The van der Waals surface area contributed by atoms with Gasteiger partial charge in [0.2, 0.25) is 0 Å². The van der Waals surface area contributed by atoms with Gasteiger partial charge in [-0.25, -0.2) is 4.39 Å². The Bertz CT molecular complexity index is 323. The van der Waals surface area contributed by atoms with E-state index >= 15 is 0 Å². The lowest BCUT2D eigenvalue weighted by atomic mass is 10.1. The van der Waals surface area contributed by atoms with Gasteiger partial charge >= 0.3 is 0 Å². The lowest BCUT2D eigenvalue weighted by Gasteiger charge is -2.07. The van der Waals surface area contributed by atoms with Gasteiger partial charge in [0.25, 0.3) is 0 Å². The predicted molar refractivity (Wildman–Crippen MR) is 46.1 cm³/mol. The van der Waals surface area contributed by atoms with Gasteiger partial charge in [0.1, 0.15) is 0 Å². The Morgan fingerprint density at radius 2 is 2.17 bits per heavy atom. The fraction of sp³-hybridized carbons (Fsp3) is 0.333. The SMILES string of the molecule is Nc1ccc2c(c1F)C(N)CC2. The standard InChI is InChI=1S/C9H11FN2/c10-9-7(12)4-2-5-1-3-6(11)8(5)9/h2,4,6H,1,3,11-12H2. The first-order chi connectivity index (χ1) is 5.70. The highest BCUT2D eigenvalue weighted by molar-refractivity contribution is 5.49. The molecule has 0 bridgehead atoms. The molecule has 1 aromatic rings. The molecule has 1 atom stereocenters. The Labute approximate surface area is 70.4 Å². The topological polar surface area (TPSA) is 52.0 Å². The van der Waals surface area contributed by atoms with E-state index < -0.39 is 0 Å². The van der Waals surface area contributed by atoms with Gasteiger partial charge < -0.3 is 11.5 Å². The Morgan fingerprint density at radius 1 is 1.42 bits per heavy atom. The minimum atomic E-state index is -0.322. The van der Waals surface area contributed by atoms with Crippen molar-refractivity contribution in [2.24, 2.45) is 5.73 Å². The van der Waals surface area contributed by atoms with Gasteiger partial charge in [0.05, 0.1) is 5.69 Å². The van der Waals surface area contributed by atoms with Gasteiger partial charge in [0.15, 0.2) is 5.82 Å². The maximum atomic E-state index is 13.3. The van der Waals surface area contributed by atoms with Crippen LogP contribution in [0.2, 0.25) is 0 Å². The van der Waals surface area contributed by atoms with E-state index in [0.717, 1.165) is 18.4 Å². The molecule has 1 aromatic carbocycles. The quantitative estimate of drug-likeness (QED) is 0.571. The molecule has 0 spiro atoms. The van der Waals surface area contributed by atoms with Crippen molar-refractivity contribution in [3.8, 4) is 0 Å². The van der Waals surface area contributed by atoms with E-state index in [1.807, 2.05) is 6.07 Å². The van der Waals surface area contributed by atoms with Crippen LogP contribution >= 0.6 is 0 Å². The number of halogens is 1. The van der Waals surface area contributed by atoms with E-state index in [-0.39, 0.29) is 17.5 Å². The summed E-state index contributed by atoms with van der Waals surface area (Å²) in [6, 6.07) is 3.30. The third kappa shape index (κ3) is 0.898. The molecule has 0 amide bonds. The van der Waals surface area contributed by atoms with Crippen molar-refractivity contribution in [1.82, 2.24) is 0 Å². The second-order valence-electron chi connectivity index (χ2n) is 3.19. The summed E-state index contributed by atoms with van der Waals surface area (Å²) < 4.78 is 13.3. The van der Waals surface area contributed by atoms with Crippen LogP contribution in [0.1, 0.15) is 23.6 Å². The molecule has 0 saturated carbocycles. The van der Waals surface area contributed by atoms with Crippen molar-refractivity contribution in [3.63, 3.8) is 0 Å². The molecule has 2 rings (SSSR count). The molecule has 0 aromatic heterocycles. The Morgan fingerprint density at radius 3 is 2.92 bits per heavy atom. The summed E-state index contributed by atoms with van der Waals surface area (Å²) in [5, 5.41) is 0. The largest absolute Gasteiger partial charge is 0.396 e. The molecule has 4 N–H and O–H groups in total. The summed E-state index contributed by atoms with van der Waals surface area (Å²) in [6.07, 6.45) is 1.70. The van der Waals surface area contributed by atoms with Crippen LogP contribution < -0.4 is 11.5 Å².